The van der Waals surface area contributed by atoms with E-state index in [4.69, 9.17) is 13.6 Å². The van der Waals surface area contributed by atoms with E-state index in [2.05, 4.69) is 10.3 Å². The van der Waals surface area contributed by atoms with Gasteiger partial charge in [-0.2, -0.15) is 0 Å². The van der Waals surface area contributed by atoms with E-state index >= 15 is 0 Å². The van der Waals surface area contributed by atoms with Gasteiger partial charge in [0.05, 0.1) is 11.8 Å². The minimum Gasteiger partial charge on any atom is -0.459 e. The van der Waals surface area contributed by atoms with Crippen LogP contribution in [0.25, 0.3) is 11.5 Å². The number of rotatable bonds is 6. The molecule has 2 aromatic carbocycles. The number of aryl methyl sites for hydroxylation is 1. The Labute approximate surface area is 172 Å². The van der Waals surface area contributed by atoms with Crippen LogP contribution < -0.4 is 5.32 Å². The molecule has 0 spiro atoms. The first-order chi connectivity index (χ1) is 14.6. The Balaban J connectivity index is 1.36. The molecular formula is C23H18N2O5. The van der Waals surface area contributed by atoms with Crippen LogP contribution in [0.4, 0.5) is 5.69 Å². The minimum atomic E-state index is -0.498. The molecule has 0 saturated carbocycles. The summed E-state index contributed by atoms with van der Waals surface area (Å²) in [6, 6.07) is 19.1. The van der Waals surface area contributed by atoms with Gasteiger partial charge in [-0.1, -0.05) is 18.2 Å². The van der Waals surface area contributed by atoms with E-state index in [1.807, 2.05) is 30.3 Å². The highest BCUT2D eigenvalue weighted by Gasteiger charge is 2.15. The van der Waals surface area contributed by atoms with Gasteiger partial charge < -0.3 is 18.9 Å². The van der Waals surface area contributed by atoms with Gasteiger partial charge in [-0.3, -0.25) is 4.79 Å². The summed E-state index contributed by atoms with van der Waals surface area (Å²) in [6.45, 7) is 1.77. The number of amides is 1. The lowest BCUT2D eigenvalue weighted by atomic mass is 10.2. The first-order valence-corrected chi connectivity index (χ1v) is 9.24. The number of nitrogens with one attached hydrogen (secondary N) is 1. The smallest absolute Gasteiger partial charge is 0.338 e. The highest BCUT2D eigenvalue weighted by Crippen LogP contribution is 2.22. The van der Waals surface area contributed by atoms with Gasteiger partial charge in [0.15, 0.2) is 5.76 Å². The van der Waals surface area contributed by atoms with Gasteiger partial charge in [0.25, 0.3) is 5.91 Å². The zero-order chi connectivity index (χ0) is 20.9. The van der Waals surface area contributed by atoms with Crippen LogP contribution in [0.5, 0.6) is 0 Å². The van der Waals surface area contributed by atoms with Crippen LogP contribution in [0.15, 0.2) is 81.8 Å². The summed E-state index contributed by atoms with van der Waals surface area (Å²) >= 11 is 0. The largest absolute Gasteiger partial charge is 0.459 e. The van der Waals surface area contributed by atoms with Gasteiger partial charge in [-0.25, -0.2) is 9.78 Å². The Kier molecular flexibility index (Phi) is 5.43. The third-order valence-corrected chi connectivity index (χ3v) is 4.38. The molecule has 4 aromatic rings. The molecule has 0 fully saturated rings. The molecule has 0 radical (unpaired) electrons. The number of furan rings is 1. The van der Waals surface area contributed by atoms with Crippen molar-refractivity contribution in [2.75, 3.05) is 5.32 Å². The maximum atomic E-state index is 12.3. The second-order valence-corrected chi connectivity index (χ2v) is 6.47. The molecule has 0 aliphatic heterocycles. The number of hydrogen-bond donors (Lipinski definition) is 1. The highest BCUT2D eigenvalue weighted by atomic mass is 16.5. The van der Waals surface area contributed by atoms with E-state index in [-0.39, 0.29) is 18.3 Å². The van der Waals surface area contributed by atoms with E-state index in [0.29, 0.717) is 28.6 Å². The van der Waals surface area contributed by atoms with Crippen molar-refractivity contribution >= 4 is 17.6 Å². The predicted molar refractivity (Wildman–Crippen MR) is 109 cm³/mol. The lowest BCUT2D eigenvalue weighted by Gasteiger charge is -2.06. The summed E-state index contributed by atoms with van der Waals surface area (Å²) in [5.74, 6) is 0.415. The number of nitrogens with zero attached hydrogens (tertiary/aromatic N) is 1. The van der Waals surface area contributed by atoms with E-state index in [0.717, 1.165) is 5.56 Å². The monoisotopic (exact) mass is 402 g/mol. The number of anilines is 1. The van der Waals surface area contributed by atoms with Gasteiger partial charge in [0, 0.05) is 11.3 Å². The van der Waals surface area contributed by atoms with Gasteiger partial charge >= 0.3 is 5.97 Å². The number of carbonyl (C=O) groups is 2. The SMILES string of the molecule is Cc1oc(-c2ccccc2)nc1COC(=O)c1ccc(NC(=O)c2ccco2)cc1. The molecule has 150 valence electrons. The van der Waals surface area contributed by atoms with E-state index in [9.17, 15) is 9.59 Å². The van der Waals surface area contributed by atoms with Crippen molar-refractivity contribution in [3.05, 3.63) is 95.8 Å². The number of ether oxygens (including phenoxy) is 1. The number of hydrogen-bond acceptors (Lipinski definition) is 6. The molecule has 7 nitrogen and oxygen atoms in total. The van der Waals surface area contributed by atoms with Crippen molar-refractivity contribution in [3.63, 3.8) is 0 Å². The summed E-state index contributed by atoms with van der Waals surface area (Å²) in [7, 11) is 0. The van der Waals surface area contributed by atoms with Gasteiger partial charge in [-0.15, -0.1) is 0 Å². The molecule has 4 rings (SSSR count). The van der Waals surface area contributed by atoms with Gasteiger partial charge in [0.2, 0.25) is 5.89 Å². The molecule has 1 N–H and O–H groups in total. The number of carbonyl (C=O) groups excluding carboxylic acids is 2. The molecule has 1 amide bonds. The molecule has 30 heavy (non-hydrogen) atoms. The van der Waals surface area contributed by atoms with Gasteiger partial charge in [-0.05, 0) is 55.5 Å². The van der Waals surface area contributed by atoms with Crippen molar-refractivity contribution in [2.24, 2.45) is 0 Å². The van der Waals surface area contributed by atoms with Crippen LogP contribution >= 0.6 is 0 Å². The van der Waals surface area contributed by atoms with Crippen LogP contribution in [0.1, 0.15) is 32.4 Å². The van der Waals surface area contributed by atoms with Crippen LogP contribution in [0.2, 0.25) is 0 Å². The number of esters is 1. The van der Waals surface area contributed by atoms with Crippen molar-refractivity contribution in [1.82, 2.24) is 4.98 Å². The maximum absolute atomic E-state index is 12.3. The molecule has 0 aliphatic carbocycles. The standard InChI is InChI=1S/C23H18N2O5/c1-15-19(25-22(30-15)16-6-3-2-4-7-16)14-29-23(27)17-9-11-18(12-10-17)24-21(26)20-8-5-13-28-20/h2-13H,14H2,1H3,(H,24,26). The highest BCUT2D eigenvalue weighted by molar-refractivity contribution is 6.02. The van der Waals surface area contributed by atoms with Crippen molar-refractivity contribution in [2.45, 2.75) is 13.5 Å². The molecule has 0 aliphatic rings. The lowest BCUT2D eigenvalue weighted by Crippen LogP contribution is -2.11. The second kappa shape index (κ2) is 8.48. The molecule has 0 atom stereocenters. The molecule has 2 heterocycles. The third-order valence-electron chi connectivity index (χ3n) is 4.38. The Bertz CT molecular complexity index is 1150. The summed E-state index contributed by atoms with van der Waals surface area (Å²) < 4.78 is 16.1. The third kappa shape index (κ3) is 4.30. The van der Waals surface area contributed by atoms with E-state index in [1.54, 1.807) is 43.3 Å². The average molecular weight is 402 g/mol. The molecular weight excluding hydrogens is 384 g/mol. The van der Waals surface area contributed by atoms with Crippen LogP contribution in [-0.4, -0.2) is 16.9 Å². The fourth-order valence-electron chi connectivity index (χ4n) is 2.77. The quantitative estimate of drug-likeness (QED) is 0.463. The normalized spacial score (nSPS) is 10.6. The molecule has 0 bridgehead atoms. The lowest BCUT2D eigenvalue weighted by molar-refractivity contribution is 0.0467. The number of oxazole rings is 1. The minimum absolute atomic E-state index is 0.00200. The molecule has 2 aromatic heterocycles. The Hall–Kier alpha value is -4.13. The van der Waals surface area contributed by atoms with E-state index in [1.165, 1.54) is 6.26 Å². The first kappa shape index (κ1) is 19.2. The summed E-state index contributed by atoms with van der Waals surface area (Å²) in [4.78, 5) is 28.7. The fraction of sp³-hybridized carbons (Fsp3) is 0.0870. The van der Waals surface area contributed by atoms with Crippen LogP contribution in [0, 0.1) is 6.92 Å². The summed E-state index contributed by atoms with van der Waals surface area (Å²) in [5, 5.41) is 2.69. The van der Waals surface area contributed by atoms with Crippen molar-refractivity contribution in [3.8, 4) is 11.5 Å². The number of benzene rings is 2. The van der Waals surface area contributed by atoms with Crippen LogP contribution in [-0.2, 0) is 11.3 Å². The predicted octanol–water partition coefficient (Wildman–Crippen LogP) is 4.85. The van der Waals surface area contributed by atoms with Crippen molar-refractivity contribution < 1.29 is 23.2 Å². The van der Waals surface area contributed by atoms with Gasteiger partial charge in [0.1, 0.15) is 18.1 Å². The zero-order valence-electron chi connectivity index (χ0n) is 16.1. The average Bonchev–Trinajstić information content (AvgIpc) is 3.43. The summed E-state index contributed by atoms with van der Waals surface area (Å²) in [6.07, 6.45) is 1.42. The Morgan fingerprint density at radius 1 is 1.00 bits per heavy atom. The fourth-order valence-corrected chi connectivity index (χ4v) is 2.77. The van der Waals surface area contributed by atoms with Crippen molar-refractivity contribution in [1.29, 1.82) is 0 Å². The maximum Gasteiger partial charge on any atom is 0.338 e. The molecule has 0 saturated heterocycles. The zero-order valence-corrected chi connectivity index (χ0v) is 16.1. The second-order valence-electron chi connectivity index (χ2n) is 6.47. The Morgan fingerprint density at radius 3 is 2.47 bits per heavy atom. The molecule has 7 heteroatoms. The summed E-state index contributed by atoms with van der Waals surface area (Å²) in [5.41, 5.74) is 2.30. The first-order valence-electron chi connectivity index (χ1n) is 9.24. The number of aromatic nitrogens is 1. The molecule has 0 unspecified atom stereocenters. The Morgan fingerprint density at radius 2 is 1.77 bits per heavy atom. The van der Waals surface area contributed by atoms with Crippen LogP contribution in [0.3, 0.4) is 0 Å². The van der Waals surface area contributed by atoms with E-state index < -0.39 is 5.97 Å². The topological polar surface area (TPSA) is 94.6 Å².